The Morgan fingerprint density at radius 3 is 2.78 bits per heavy atom. The number of hydrogen-bond acceptors (Lipinski definition) is 6. The molecule has 3 heterocycles. The van der Waals surface area contributed by atoms with Crippen LogP contribution in [0, 0.1) is 0 Å². The minimum Gasteiger partial charge on any atom is -0.494 e. The summed E-state index contributed by atoms with van der Waals surface area (Å²) in [5.41, 5.74) is 0.510. The second-order valence-electron chi connectivity index (χ2n) is 7.46. The molecule has 0 atom stereocenters. The topological polar surface area (TPSA) is 93.1 Å². The Balaban J connectivity index is 1.34. The highest BCUT2D eigenvalue weighted by Crippen LogP contribution is 2.35. The summed E-state index contributed by atoms with van der Waals surface area (Å²) in [6.07, 6.45) is 8.19. The molecular formula is C19H24N4O4. The summed E-state index contributed by atoms with van der Waals surface area (Å²) in [7, 11) is 1.53. The Bertz CT molecular complexity index is 767. The number of ether oxygens (including phenoxy) is 1. The third-order valence-electron chi connectivity index (χ3n) is 5.74. The maximum Gasteiger partial charge on any atom is 0.269 e. The van der Waals surface area contributed by atoms with Crippen LogP contribution in [0.1, 0.15) is 48.9 Å². The first-order valence-electron chi connectivity index (χ1n) is 9.43. The van der Waals surface area contributed by atoms with E-state index in [-0.39, 0.29) is 17.9 Å². The van der Waals surface area contributed by atoms with Crippen molar-refractivity contribution in [1.82, 2.24) is 15.2 Å². The summed E-state index contributed by atoms with van der Waals surface area (Å²) in [6.45, 7) is 1.11. The van der Waals surface area contributed by atoms with Gasteiger partial charge in [0.1, 0.15) is 17.1 Å². The van der Waals surface area contributed by atoms with Crippen LogP contribution in [0.3, 0.4) is 0 Å². The quantitative estimate of drug-likeness (QED) is 0.865. The van der Waals surface area contributed by atoms with E-state index in [4.69, 9.17) is 9.57 Å². The van der Waals surface area contributed by atoms with Gasteiger partial charge in [-0.25, -0.2) is 0 Å². The number of nitrogens with zero attached hydrogens (tertiary/aromatic N) is 3. The highest BCUT2D eigenvalue weighted by molar-refractivity contribution is 6.39. The molecule has 2 fully saturated rings. The predicted octanol–water partition coefficient (Wildman–Crippen LogP) is 1.51. The van der Waals surface area contributed by atoms with E-state index in [0.717, 1.165) is 12.8 Å². The van der Waals surface area contributed by atoms with Crippen LogP contribution in [0.15, 0.2) is 23.6 Å². The van der Waals surface area contributed by atoms with Gasteiger partial charge < -0.3 is 19.8 Å². The molecule has 2 aliphatic heterocycles. The van der Waals surface area contributed by atoms with Crippen molar-refractivity contribution in [2.45, 2.75) is 50.2 Å². The molecule has 1 saturated heterocycles. The molecule has 1 N–H and O–H groups in total. The highest BCUT2D eigenvalue weighted by Gasteiger charge is 2.45. The van der Waals surface area contributed by atoms with Crippen LogP contribution < -0.4 is 10.1 Å². The molecule has 0 unspecified atom stereocenters. The lowest BCUT2D eigenvalue weighted by Crippen LogP contribution is -2.48. The number of carbonyl (C=O) groups is 2. The summed E-state index contributed by atoms with van der Waals surface area (Å²) in [5.74, 6) is 0.278. The molecule has 0 bridgehead atoms. The summed E-state index contributed by atoms with van der Waals surface area (Å²) >= 11 is 0. The van der Waals surface area contributed by atoms with Crippen LogP contribution in [0.25, 0.3) is 0 Å². The molecule has 0 aromatic carbocycles. The molecule has 4 rings (SSSR count). The van der Waals surface area contributed by atoms with Gasteiger partial charge in [-0.2, -0.15) is 0 Å². The predicted molar refractivity (Wildman–Crippen MR) is 97.6 cm³/mol. The number of nitrogens with one attached hydrogen (secondary N) is 1. The van der Waals surface area contributed by atoms with E-state index >= 15 is 0 Å². The van der Waals surface area contributed by atoms with Gasteiger partial charge in [-0.3, -0.25) is 14.6 Å². The minimum atomic E-state index is -0.467. The fourth-order valence-electron chi connectivity index (χ4n) is 3.74. The maximum absolute atomic E-state index is 12.8. The Hall–Kier alpha value is -2.64. The lowest BCUT2D eigenvalue weighted by Gasteiger charge is -2.37. The fourth-order valence-corrected chi connectivity index (χ4v) is 3.74. The monoisotopic (exact) mass is 372 g/mol. The molecule has 27 heavy (non-hydrogen) atoms. The zero-order valence-corrected chi connectivity index (χ0v) is 15.4. The highest BCUT2D eigenvalue weighted by atomic mass is 16.7. The van der Waals surface area contributed by atoms with Gasteiger partial charge in [0.05, 0.1) is 18.9 Å². The second kappa shape index (κ2) is 7.17. The lowest BCUT2D eigenvalue weighted by atomic mass is 9.86. The summed E-state index contributed by atoms with van der Waals surface area (Å²) < 4.78 is 5.24. The average Bonchev–Trinajstić information content (AvgIpc) is 3.08. The molecule has 0 radical (unpaired) electrons. The van der Waals surface area contributed by atoms with Crippen molar-refractivity contribution in [3.05, 3.63) is 24.0 Å². The molecule has 1 spiro atoms. The van der Waals surface area contributed by atoms with Crippen LogP contribution in [-0.2, 0) is 9.63 Å². The number of oxime groups is 1. The lowest BCUT2D eigenvalue weighted by molar-refractivity contribution is -0.116. The van der Waals surface area contributed by atoms with Crippen LogP contribution in [-0.4, -0.2) is 59.3 Å². The molecule has 144 valence electrons. The van der Waals surface area contributed by atoms with E-state index in [1.54, 1.807) is 23.4 Å². The van der Waals surface area contributed by atoms with E-state index in [0.29, 0.717) is 49.4 Å². The Morgan fingerprint density at radius 2 is 2.11 bits per heavy atom. The number of rotatable bonds is 4. The van der Waals surface area contributed by atoms with E-state index in [1.807, 2.05) is 0 Å². The van der Waals surface area contributed by atoms with Gasteiger partial charge in [-0.05, 0) is 25.3 Å². The van der Waals surface area contributed by atoms with Crippen molar-refractivity contribution in [2.75, 3.05) is 20.2 Å². The number of piperidine rings is 1. The summed E-state index contributed by atoms with van der Waals surface area (Å²) in [5, 5.41) is 7.06. The number of likely N-dealkylation sites (tertiary alicyclic amines) is 1. The third-order valence-corrected chi connectivity index (χ3v) is 5.74. The Kier molecular flexibility index (Phi) is 4.72. The number of hydrogen-bond donors (Lipinski definition) is 1. The fraction of sp³-hybridized carbons (Fsp3) is 0.579. The molecule has 1 aliphatic carbocycles. The molecule has 1 aromatic heterocycles. The van der Waals surface area contributed by atoms with Gasteiger partial charge in [-0.15, -0.1) is 0 Å². The average molecular weight is 372 g/mol. The minimum absolute atomic E-state index is 0.0778. The van der Waals surface area contributed by atoms with E-state index in [1.165, 1.54) is 13.5 Å². The molecule has 2 amide bonds. The largest absolute Gasteiger partial charge is 0.494 e. The number of pyridine rings is 1. The van der Waals surface area contributed by atoms with Gasteiger partial charge >= 0.3 is 0 Å². The van der Waals surface area contributed by atoms with Crippen molar-refractivity contribution in [1.29, 1.82) is 0 Å². The number of aromatic nitrogens is 1. The zero-order chi connectivity index (χ0) is 18.9. The molecule has 8 heteroatoms. The first kappa shape index (κ1) is 17.8. The summed E-state index contributed by atoms with van der Waals surface area (Å²) in [6, 6.07) is 1.95. The maximum atomic E-state index is 12.8. The SMILES string of the molecule is COc1cnccc1C(=O)N1CCC2(CC1)CC(C(=O)NC1CCC1)=NO2. The standard InChI is InChI=1S/C19H24N4O4/c1-26-16-12-20-8-5-14(16)18(25)23-9-6-19(7-10-23)11-15(22-27-19)17(24)21-13-3-2-4-13/h5,8,12-13H,2-4,6-7,9-11H2,1H3,(H,21,24). The van der Waals surface area contributed by atoms with Crippen LogP contribution in [0.5, 0.6) is 5.75 Å². The van der Waals surface area contributed by atoms with E-state index < -0.39 is 5.60 Å². The van der Waals surface area contributed by atoms with Crippen molar-refractivity contribution in [3.63, 3.8) is 0 Å². The van der Waals surface area contributed by atoms with E-state index in [9.17, 15) is 9.59 Å². The van der Waals surface area contributed by atoms with Gasteiger partial charge in [0.2, 0.25) is 0 Å². The van der Waals surface area contributed by atoms with Crippen molar-refractivity contribution in [2.24, 2.45) is 5.16 Å². The van der Waals surface area contributed by atoms with Crippen LogP contribution >= 0.6 is 0 Å². The van der Waals surface area contributed by atoms with Gasteiger partial charge in [0.25, 0.3) is 11.8 Å². The smallest absolute Gasteiger partial charge is 0.269 e. The second-order valence-corrected chi connectivity index (χ2v) is 7.46. The normalized spacial score (nSPS) is 21.2. The molecular weight excluding hydrogens is 348 g/mol. The Labute approximate surface area is 157 Å². The molecule has 1 aromatic rings. The van der Waals surface area contributed by atoms with Gasteiger partial charge in [0.15, 0.2) is 0 Å². The van der Waals surface area contributed by atoms with Crippen molar-refractivity contribution < 1.29 is 19.2 Å². The number of amides is 2. The van der Waals surface area contributed by atoms with Gasteiger partial charge in [-0.1, -0.05) is 5.16 Å². The number of methoxy groups -OCH3 is 1. The first-order chi connectivity index (χ1) is 13.1. The molecule has 1 saturated carbocycles. The molecule has 3 aliphatic rings. The van der Waals surface area contributed by atoms with Crippen LogP contribution in [0.4, 0.5) is 0 Å². The molecule has 8 nitrogen and oxygen atoms in total. The first-order valence-corrected chi connectivity index (χ1v) is 9.43. The van der Waals surface area contributed by atoms with Gasteiger partial charge in [0, 0.05) is 44.6 Å². The van der Waals surface area contributed by atoms with E-state index in [2.05, 4.69) is 15.5 Å². The van der Waals surface area contributed by atoms with Crippen LogP contribution in [0.2, 0.25) is 0 Å². The third kappa shape index (κ3) is 3.48. The van der Waals surface area contributed by atoms with Crippen molar-refractivity contribution >= 4 is 17.5 Å². The number of carbonyl (C=O) groups excluding carboxylic acids is 2. The van der Waals surface area contributed by atoms with Crippen molar-refractivity contribution in [3.8, 4) is 5.75 Å². The summed E-state index contributed by atoms with van der Waals surface area (Å²) in [4.78, 5) is 36.6. The Morgan fingerprint density at radius 1 is 1.33 bits per heavy atom. The zero-order valence-electron chi connectivity index (χ0n) is 15.4.